The van der Waals surface area contributed by atoms with E-state index in [9.17, 15) is 29.3 Å². The monoisotopic (exact) mass is 441 g/mol. The van der Waals surface area contributed by atoms with Crippen molar-refractivity contribution in [3.05, 3.63) is 63.7 Å². The number of ether oxygens (including phenoxy) is 2. The molecule has 0 radical (unpaired) electrons. The first-order chi connectivity index (χ1) is 15.2. The lowest BCUT2D eigenvalue weighted by Gasteiger charge is -2.17. The normalized spacial score (nSPS) is 13.4. The molecule has 0 aromatic heterocycles. The summed E-state index contributed by atoms with van der Waals surface area (Å²) >= 11 is 0. The molecule has 0 fully saturated rings. The molecule has 3 amide bonds. The predicted octanol–water partition coefficient (Wildman–Crippen LogP) is 2.16. The summed E-state index contributed by atoms with van der Waals surface area (Å²) < 4.78 is 10.3. The van der Waals surface area contributed by atoms with E-state index >= 15 is 0 Å². The van der Waals surface area contributed by atoms with Crippen LogP contribution >= 0.6 is 0 Å². The van der Waals surface area contributed by atoms with Crippen molar-refractivity contribution < 1.29 is 33.6 Å². The molecule has 1 N–H and O–H groups in total. The molecule has 3 rings (SSSR count). The van der Waals surface area contributed by atoms with Gasteiger partial charge in [0.2, 0.25) is 0 Å². The molecule has 32 heavy (non-hydrogen) atoms. The maximum atomic E-state index is 12.5. The Labute approximate surface area is 182 Å². The number of imide groups is 1. The molecule has 1 heterocycles. The van der Waals surface area contributed by atoms with E-state index < -0.39 is 47.0 Å². The zero-order valence-electron chi connectivity index (χ0n) is 17.2. The first kappa shape index (κ1) is 22.4. The van der Waals surface area contributed by atoms with E-state index in [-0.39, 0.29) is 11.1 Å². The van der Waals surface area contributed by atoms with Crippen LogP contribution in [0.1, 0.15) is 34.6 Å². The van der Waals surface area contributed by atoms with Crippen LogP contribution in [0.15, 0.2) is 42.5 Å². The Morgan fingerprint density at radius 3 is 2.44 bits per heavy atom. The Morgan fingerprint density at radius 1 is 1.12 bits per heavy atom. The second-order valence-electron chi connectivity index (χ2n) is 6.73. The third-order valence-corrected chi connectivity index (χ3v) is 4.57. The van der Waals surface area contributed by atoms with Crippen LogP contribution in [-0.4, -0.2) is 52.8 Å². The van der Waals surface area contributed by atoms with Gasteiger partial charge in [0.05, 0.1) is 17.1 Å². The zero-order chi connectivity index (χ0) is 23.4. The largest absolute Gasteiger partial charge is 0.494 e. The van der Waals surface area contributed by atoms with Crippen LogP contribution in [0.5, 0.6) is 5.75 Å². The van der Waals surface area contributed by atoms with Gasteiger partial charge >= 0.3 is 5.97 Å². The number of carbonyl (C=O) groups is 4. The molecule has 0 bridgehead atoms. The first-order valence-electron chi connectivity index (χ1n) is 9.59. The Balaban J connectivity index is 1.61. The van der Waals surface area contributed by atoms with Crippen molar-refractivity contribution in [3.63, 3.8) is 0 Å². The Morgan fingerprint density at radius 2 is 1.81 bits per heavy atom. The SMILES string of the molecule is CCOc1ccc(NC(=O)C(C)OC(=O)CN2C(=O)c3cccc([N+](=O)[O-])c3C2=O)cc1. The van der Waals surface area contributed by atoms with Gasteiger partial charge in [-0.2, -0.15) is 0 Å². The number of nitro groups is 1. The molecule has 2 aromatic carbocycles. The van der Waals surface area contributed by atoms with Crippen LogP contribution < -0.4 is 10.1 Å². The molecule has 1 atom stereocenters. The molecule has 166 valence electrons. The molecule has 2 aromatic rings. The third-order valence-electron chi connectivity index (χ3n) is 4.57. The van der Waals surface area contributed by atoms with Crippen LogP contribution in [0.2, 0.25) is 0 Å². The van der Waals surface area contributed by atoms with E-state index in [0.717, 1.165) is 6.07 Å². The van der Waals surface area contributed by atoms with E-state index in [1.165, 1.54) is 19.1 Å². The number of amides is 3. The lowest BCUT2D eigenvalue weighted by atomic mass is 10.1. The molecule has 0 aliphatic carbocycles. The molecular weight excluding hydrogens is 422 g/mol. The second-order valence-corrected chi connectivity index (χ2v) is 6.73. The number of nitro benzene ring substituents is 1. The van der Waals surface area contributed by atoms with Gasteiger partial charge in [0.25, 0.3) is 23.4 Å². The fourth-order valence-electron chi connectivity index (χ4n) is 3.07. The van der Waals surface area contributed by atoms with Crippen LogP contribution in [-0.2, 0) is 14.3 Å². The van der Waals surface area contributed by atoms with Crippen LogP contribution in [0.25, 0.3) is 0 Å². The number of esters is 1. The van der Waals surface area contributed by atoms with Gasteiger partial charge in [-0.25, -0.2) is 0 Å². The maximum Gasteiger partial charge on any atom is 0.326 e. The van der Waals surface area contributed by atoms with Crippen LogP contribution in [0, 0.1) is 10.1 Å². The highest BCUT2D eigenvalue weighted by atomic mass is 16.6. The number of nitrogens with one attached hydrogen (secondary N) is 1. The zero-order valence-corrected chi connectivity index (χ0v) is 17.2. The summed E-state index contributed by atoms with van der Waals surface area (Å²) in [5.74, 6) is -2.83. The number of nitrogens with zero attached hydrogens (tertiary/aromatic N) is 2. The number of rotatable bonds is 8. The number of hydrogen-bond donors (Lipinski definition) is 1. The van der Waals surface area contributed by atoms with E-state index in [4.69, 9.17) is 9.47 Å². The van der Waals surface area contributed by atoms with E-state index in [2.05, 4.69) is 5.32 Å². The second kappa shape index (κ2) is 9.25. The van der Waals surface area contributed by atoms with E-state index in [0.29, 0.717) is 22.9 Å². The minimum atomic E-state index is -1.22. The quantitative estimate of drug-likeness (QED) is 0.284. The molecule has 11 nitrogen and oxygen atoms in total. The van der Waals surface area contributed by atoms with Crippen LogP contribution in [0.4, 0.5) is 11.4 Å². The predicted molar refractivity (Wildman–Crippen MR) is 110 cm³/mol. The van der Waals surface area contributed by atoms with Gasteiger partial charge in [-0.3, -0.25) is 34.2 Å². The lowest BCUT2D eigenvalue weighted by molar-refractivity contribution is -0.385. The van der Waals surface area contributed by atoms with Crippen molar-refractivity contribution in [3.8, 4) is 5.75 Å². The summed E-state index contributed by atoms with van der Waals surface area (Å²) in [6, 6.07) is 10.2. The molecule has 1 aliphatic heterocycles. The van der Waals surface area contributed by atoms with Gasteiger partial charge in [-0.1, -0.05) is 6.07 Å². The minimum Gasteiger partial charge on any atom is -0.494 e. The number of hydrogen-bond acceptors (Lipinski definition) is 8. The fourth-order valence-corrected chi connectivity index (χ4v) is 3.07. The molecule has 1 aliphatic rings. The van der Waals surface area contributed by atoms with E-state index in [1.807, 2.05) is 6.92 Å². The van der Waals surface area contributed by atoms with Crippen molar-refractivity contribution in [2.45, 2.75) is 20.0 Å². The van der Waals surface area contributed by atoms with Gasteiger partial charge in [0.1, 0.15) is 17.9 Å². The van der Waals surface area contributed by atoms with Crippen LogP contribution in [0.3, 0.4) is 0 Å². The van der Waals surface area contributed by atoms with Gasteiger partial charge in [-0.05, 0) is 44.2 Å². The van der Waals surface area contributed by atoms with Crippen molar-refractivity contribution >= 4 is 35.1 Å². The highest BCUT2D eigenvalue weighted by Gasteiger charge is 2.42. The number of fused-ring (bicyclic) bond motifs is 1. The lowest BCUT2D eigenvalue weighted by Crippen LogP contribution is -2.38. The summed E-state index contributed by atoms with van der Waals surface area (Å²) in [5, 5.41) is 13.7. The first-order valence-corrected chi connectivity index (χ1v) is 9.59. The highest BCUT2D eigenvalue weighted by molar-refractivity contribution is 6.24. The average Bonchev–Trinajstić information content (AvgIpc) is 3.00. The van der Waals surface area contributed by atoms with Crippen molar-refractivity contribution in [2.24, 2.45) is 0 Å². The number of carbonyl (C=O) groups excluding carboxylic acids is 4. The Bertz CT molecular complexity index is 1100. The summed E-state index contributed by atoms with van der Waals surface area (Å²) in [4.78, 5) is 60.4. The molecule has 0 saturated heterocycles. The minimum absolute atomic E-state index is 0.168. The smallest absolute Gasteiger partial charge is 0.326 e. The standard InChI is InChI=1S/C21H19N3O8/c1-3-31-14-9-7-13(8-10-14)22-19(26)12(2)32-17(25)11-23-20(27)15-5-4-6-16(24(29)30)18(15)21(23)28/h4-10,12H,3,11H2,1-2H3,(H,22,26). The Kier molecular flexibility index (Phi) is 6.47. The van der Waals surface area contributed by atoms with Gasteiger partial charge in [0.15, 0.2) is 6.10 Å². The van der Waals surface area contributed by atoms with Gasteiger partial charge in [0, 0.05) is 11.8 Å². The topological polar surface area (TPSA) is 145 Å². The van der Waals surface area contributed by atoms with Gasteiger partial charge < -0.3 is 14.8 Å². The summed E-state index contributed by atoms with van der Waals surface area (Å²) in [6.07, 6.45) is -1.22. The van der Waals surface area contributed by atoms with Crippen molar-refractivity contribution in [2.75, 3.05) is 18.5 Å². The average molecular weight is 441 g/mol. The fraction of sp³-hybridized carbons (Fsp3) is 0.238. The number of anilines is 1. The molecule has 11 heteroatoms. The highest BCUT2D eigenvalue weighted by Crippen LogP contribution is 2.30. The summed E-state index contributed by atoms with van der Waals surface area (Å²) in [7, 11) is 0. The van der Waals surface area contributed by atoms with E-state index in [1.54, 1.807) is 24.3 Å². The molecule has 1 unspecified atom stereocenters. The molecular formula is C21H19N3O8. The van der Waals surface area contributed by atoms with Crippen molar-refractivity contribution in [1.82, 2.24) is 4.90 Å². The third kappa shape index (κ3) is 4.56. The van der Waals surface area contributed by atoms with Gasteiger partial charge in [-0.15, -0.1) is 0 Å². The number of benzene rings is 2. The summed E-state index contributed by atoms with van der Waals surface area (Å²) in [6.45, 7) is 2.88. The molecule has 0 spiro atoms. The maximum absolute atomic E-state index is 12.5. The van der Waals surface area contributed by atoms with Crippen molar-refractivity contribution in [1.29, 1.82) is 0 Å². The summed E-state index contributed by atoms with van der Waals surface area (Å²) in [5.41, 5.74) is -0.622. The Hall–Kier alpha value is -4.28. The molecule has 0 saturated carbocycles.